The molecule has 0 unspecified atom stereocenters. The van der Waals surface area contributed by atoms with Crippen LogP contribution in [-0.2, 0) is 18.0 Å². The van der Waals surface area contributed by atoms with Gasteiger partial charge in [-0.3, -0.25) is 9.59 Å². The largest absolute Gasteiger partial charge is 0.417 e. The number of piperidine rings is 1. The lowest BCUT2D eigenvalue weighted by Crippen LogP contribution is -2.38. The molecule has 0 spiro atoms. The number of aryl methyl sites for hydroxylation is 1. The van der Waals surface area contributed by atoms with Gasteiger partial charge in [0, 0.05) is 44.0 Å². The number of alkyl halides is 3. The highest BCUT2D eigenvalue weighted by molar-refractivity contribution is 6.33. The van der Waals surface area contributed by atoms with Crippen LogP contribution in [0.1, 0.15) is 18.4 Å². The third-order valence-electron chi connectivity index (χ3n) is 5.71. The summed E-state index contributed by atoms with van der Waals surface area (Å²) < 4.78 is 40.0. The second-order valence-corrected chi connectivity index (χ2v) is 8.19. The number of benzene rings is 1. The Morgan fingerprint density at radius 1 is 1.16 bits per heavy atom. The molecule has 1 amide bonds. The predicted octanol–water partition coefficient (Wildman–Crippen LogP) is 4.46. The molecular formula is C22H20ClF3N4O2. The number of hydrogen-bond acceptors (Lipinski definition) is 4. The minimum Gasteiger partial charge on any atom is -0.355 e. The molecule has 0 saturated carbocycles. The smallest absolute Gasteiger partial charge is 0.355 e. The van der Waals surface area contributed by atoms with Crippen LogP contribution in [0, 0.1) is 5.92 Å². The summed E-state index contributed by atoms with van der Waals surface area (Å²) >= 11 is 6.04. The zero-order valence-corrected chi connectivity index (χ0v) is 17.9. The predicted molar refractivity (Wildman–Crippen MR) is 117 cm³/mol. The highest BCUT2D eigenvalue weighted by atomic mass is 35.5. The molecule has 1 N–H and O–H groups in total. The van der Waals surface area contributed by atoms with Crippen molar-refractivity contribution in [1.82, 2.24) is 9.55 Å². The van der Waals surface area contributed by atoms with E-state index in [1.807, 2.05) is 6.07 Å². The Labute approximate surface area is 186 Å². The van der Waals surface area contributed by atoms with Gasteiger partial charge in [0.05, 0.1) is 16.1 Å². The summed E-state index contributed by atoms with van der Waals surface area (Å²) in [6, 6.07) is 9.48. The van der Waals surface area contributed by atoms with E-state index < -0.39 is 11.7 Å². The Balaban J connectivity index is 1.41. The molecule has 0 radical (unpaired) electrons. The quantitative estimate of drug-likeness (QED) is 0.621. The molecule has 3 heterocycles. The van der Waals surface area contributed by atoms with E-state index in [2.05, 4.69) is 10.3 Å². The minimum atomic E-state index is -4.50. The number of nitrogens with zero attached hydrogens (tertiary/aromatic N) is 3. The van der Waals surface area contributed by atoms with Crippen molar-refractivity contribution in [3.8, 4) is 0 Å². The van der Waals surface area contributed by atoms with Crippen molar-refractivity contribution >= 4 is 39.9 Å². The van der Waals surface area contributed by atoms with Crippen LogP contribution in [0.3, 0.4) is 0 Å². The van der Waals surface area contributed by atoms with Crippen LogP contribution in [0.2, 0.25) is 5.02 Å². The fraction of sp³-hybridized carbons (Fsp3) is 0.318. The van der Waals surface area contributed by atoms with Crippen molar-refractivity contribution in [2.75, 3.05) is 23.3 Å². The van der Waals surface area contributed by atoms with Crippen LogP contribution in [-0.4, -0.2) is 28.5 Å². The molecule has 2 aromatic heterocycles. The summed E-state index contributed by atoms with van der Waals surface area (Å²) in [7, 11) is 1.67. The SMILES string of the molecule is Cn1c(=O)ccc2ccc(NC(=O)C3CCN(c4ncc(C(F)(F)F)cc4Cl)CC3)cc21. The second kappa shape index (κ2) is 8.46. The number of rotatable bonds is 3. The lowest BCUT2D eigenvalue weighted by atomic mass is 9.95. The van der Waals surface area contributed by atoms with Crippen LogP contribution >= 0.6 is 11.6 Å². The number of hydrogen-bond donors (Lipinski definition) is 1. The Bertz CT molecular complexity index is 1230. The number of amides is 1. The maximum absolute atomic E-state index is 12.8. The lowest BCUT2D eigenvalue weighted by molar-refractivity contribution is -0.137. The van der Waals surface area contributed by atoms with E-state index in [0.29, 0.717) is 37.1 Å². The molecule has 0 atom stereocenters. The molecule has 1 saturated heterocycles. The van der Waals surface area contributed by atoms with E-state index in [0.717, 1.165) is 17.6 Å². The second-order valence-electron chi connectivity index (χ2n) is 7.78. The van der Waals surface area contributed by atoms with Gasteiger partial charge in [0.2, 0.25) is 5.91 Å². The molecular weight excluding hydrogens is 445 g/mol. The first kappa shape index (κ1) is 22.1. The topological polar surface area (TPSA) is 67.2 Å². The highest BCUT2D eigenvalue weighted by Crippen LogP contribution is 2.34. The van der Waals surface area contributed by atoms with Gasteiger partial charge in [-0.05, 0) is 42.5 Å². The molecule has 1 aliphatic rings. The minimum absolute atomic E-state index is 0.0653. The van der Waals surface area contributed by atoms with Crippen LogP contribution in [0.15, 0.2) is 47.4 Å². The fourth-order valence-corrected chi connectivity index (χ4v) is 4.15. The Kier molecular flexibility index (Phi) is 5.85. The van der Waals surface area contributed by atoms with Gasteiger partial charge in [-0.2, -0.15) is 13.2 Å². The first-order chi connectivity index (χ1) is 15.1. The van der Waals surface area contributed by atoms with E-state index in [9.17, 15) is 22.8 Å². The molecule has 1 fully saturated rings. The molecule has 3 aromatic rings. The third kappa shape index (κ3) is 4.43. The summed E-state index contributed by atoms with van der Waals surface area (Å²) in [6.45, 7) is 0.894. The van der Waals surface area contributed by atoms with Crippen LogP contribution in [0.4, 0.5) is 24.7 Å². The summed E-state index contributed by atoms with van der Waals surface area (Å²) in [5, 5.41) is 3.72. The van der Waals surface area contributed by atoms with Gasteiger partial charge in [-0.25, -0.2) is 4.98 Å². The van der Waals surface area contributed by atoms with Crippen molar-refractivity contribution in [2.45, 2.75) is 19.0 Å². The van der Waals surface area contributed by atoms with Crippen molar-refractivity contribution in [3.05, 3.63) is 63.5 Å². The number of aromatic nitrogens is 2. The average molecular weight is 465 g/mol. The molecule has 32 heavy (non-hydrogen) atoms. The number of anilines is 2. The fourth-order valence-electron chi connectivity index (χ4n) is 3.86. The lowest BCUT2D eigenvalue weighted by Gasteiger charge is -2.32. The standard InChI is InChI=1S/C22H20ClF3N4O2/c1-29-18-11-16(4-2-13(18)3-5-19(29)31)28-21(32)14-6-8-30(9-7-14)20-17(23)10-15(12-27-20)22(24,25)26/h2-5,10-12,14H,6-9H2,1H3,(H,28,32). The zero-order chi connectivity index (χ0) is 23.0. The number of halogens is 4. The van der Waals surface area contributed by atoms with Gasteiger partial charge in [0.15, 0.2) is 0 Å². The van der Waals surface area contributed by atoms with E-state index >= 15 is 0 Å². The number of carbonyl (C=O) groups is 1. The van der Waals surface area contributed by atoms with Gasteiger partial charge >= 0.3 is 6.18 Å². The monoisotopic (exact) mass is 464 g/mol. The first-order valence-corrected chi connectivity index (χ1v) is 10.4. The number of fused-ring (bicyclic) bond motifs is 1. The van der Waals surface area contributed by atoms with Gasteiger partial charge < -0.3 is 14.8 Å². The summed E-state index contributed by atoms with van der Waals surface area (Å²) in [6.07, 6.45) is -2.71. The van der Waals surface area contributed by atoms with E-state index in [4.69, 9.17) is 11.6 Å². The average Bonchev–Trinajstić information content (AvgIpc) is 2.76. The maximum Gasteiger partial charge on any atom is 0.417 e. The molecule has 1 aromatic carbocycles. The number of nitrogens with one attached hydrogen (secondary N) is 1. The van der Waals surface area contributed by atoms with Crippen molar-refractivity contribution in [1.29, 1.82) is 0 Å². The Morgan fingerprint density at radius 2 is 1.84 bits per heavy atom. The Morgan fingerprint density at radius 3 is 2.50 bits per heavy atom. The van der Waals surface area contributed by atoms with E-state index in [1.165, 1.54) is 10.6 Å². The molecule has 0 bridgehead atoms. The molecule has 1 aliphatic heterocycles. The number of carbonyl (C=O) groups excluding carboxylic acids is 1. The Hall–Kier alpha value is -3.07. The van der Waals surface area contributed by atoms with Crippen LogP contribution in [0.25, 0.3) is 10.9 Å². The first-order valence-electron chi connectivity index (χ1n) is 10.0. The molecule has 10 heteroatoms. The molecule has 168 valence electrons. The molecule has 0 aliphatic carbocycles. The van der Waals surface area contributed by atoms with E-state index in [-0.39, 0.29) is 28.2 Å². The van der Waals surface area contributed by atoms with Crippen LogP contribution in [0.5, 0.6) is 0 Å². The van der Waals surface area contributed by atoms with Crippen LogP contribution < -0.4 is 15.8 Å². The van der Waals surface area contributed by atoms with Gasteiger partial charge in [-0.15, -0.1) is 0 Å². The summed E-state index contributed by atoms with van der Waals surface area (Å²) in [4.78, 5) is 30.3. The van der Waals surface area contributed by atoms with Gasteiger partial charge in [0.25, 0.3) is 5.56 Å². The summed E-state index contributed by atoms with van der Waals surface area (Å²) in [5.74, 6) is -0.111. The van der Waals surface area contributed by atoms with Crippen molar-refractivity contribution < 1.29 is 18.0 Å². The third-order valence-corrected chi connectivity index (χ3v) is 5.99. The van der Waals surface area contributed by atoms with E-state index in [1.54, 1.807) is 30.1 Å². The van der Waals surface area contributed by atoms with Gasteiger partial charge in [0.1, 0.15) is 5.82 Å². The molecule has 6 nitrogen and oxygen atoms in total. The normalized spacial score (nSPS) is 15.2. The van der Waals surface area contributed by atoms with Crippen molar-refractivity contribution in [3.63, 3.8) is 0 Å². The highest BCUT2D eigenvalue weighted by Gasteiger charge is 2.33. The summed E-state index contributed by atoms with van der Waals surface area (Å²) in [5.41, 5.74) is 0.281. The molecule has 4 rings (SSSR count). The number of pyridine rings is 2. The maximum atomic E-state index is 12.8. The zero-order valence-electron chi connectivity index (χ0n) is 17.1. The van der Waals surface area contributed by atoms with Gasteiger partial charge in [-0.1, -0.05) is 17.7 Å². The van der Waals surface area contributed by atoms with Crippen molar-refractivity contribution in [2.24, 2.45) is 13.0 Å².